The van der Waals surface area contributed by atoms with E-state index in [2.05, 4.69) is 42.9 Å². The molecule has 0 unspecified atom stereocenters. The quantitative estimate of drug-likeness (QED) is 0.867. The predicted octanol–water partition coefficient (Wildman–Crippen LogP) is 2.68. The highest BCUT2D eigenvalue weighted by Gasteiger charge is 2.16. The second-order valence-corrected chi connectivity index (χ2v) is 6.29. The lowest BCUT2D eigenvalue weighted by molar-refractivity contribution is 0.500. The number of hydrogen-bond donors (Lipinski definition) is 0. The maximum Gasteiger partial charge on any atom is 0.266 e. The molecule has 0 atom stereocenters. The molecular weight excluding hydrogens is 262 g/mol. The summed E-state index contributed by atoms with van der Waals surface area (Å²) in [7, 11) is 2.02. The minimum Gasteiger partial charge on any atom is -0.373 e. The van der Waals surface area contributed by atoms with Crippen molar-refractivity contribution in [2.75, 3.05) is 18.5 Å². The first kappa shape index (κ1) is 15.3. The average molecular weight is 285 g/mol. The summed E-state index contributed by atoms with van der Waals surface area (Å²) in [6, 6.07) is 13.6. The lowest BCUT2D eigenvalue weighted by Crippen LogP contribution is -2.31. The largest absolute Gasteiger partial charge is 0.373 e. The first-order chi connectivity index (χ1) is 9.88. The van der Waals surface area contributed by atoms with Gasteiger partial charge in [-0.1, -0.05) is 39.0 Å². The molecule has 0 radical (unpaired) electrons. The first-order valence-corrected chi connectivity index (χ1v) is 7.23. The van der Waals surface area contributed by atoms with Crippen molar-refractivity contribution >= 4 is 5.69 Å². The minimum absolute atomic E-state index is 0.0514. The van der Waals surface area contributed by atoms with Crippen molar-refractivity contribution in [1.82, 2.24) is 9.78 Å². The van der Waals surface area contributed by atoms with Crippen LogP contribution in [0.5, 0.6) is 0 Å². The van der Waals surface area contributed by atoms with Gasteiger partial charge in [-0.05, 0) is 18.2 Å². The first-order valence-electron chi connectivity index (χ1n) is 7.23. The van der Waals surface area contributed by atoms with E-state index in [0.717, 1.165) is 17.9 Å². The number of hydrogen-bond acceptors (Lipinski definition) is 3. The van der Waals surface area contributed by atoms with Crippen LogP contribution >= 0.6 is 0 Å². The highest BCUT2D eigenvalue weighted by Crippen LogP contribution is 2.18. The molecule has 0 aliphatic rings. The van der Waals surface area contributed by atoms with E-state index in [9.17, 15) is 4.79 Å². The summed E-state index contributed by atoms with van der Waals surface area (Å²) in [5.74, 6) is 0. The van der Waals surface area contributed by atoms with Crippen LogP contribution in [0, 0.1) is 0 Å². The number of nitrogens with zero attached hydrogens (tertiary/aromatic N) is 3. The van der Waals surface area contributed by atoms with E-state index in [4.69, 9.17) is 0 Å². The van der Waals surface area contributed by atoms with Gasteiger partial charge in [-0.25, -0.2) is 4.68 Å². The lowest BCUT2D eigenvalue weighted by atomic mass is 9.92. The van der Waals surface area contributed by atoms with Crippen LogP contribution < -0.4 is 10.5 Å². The summed E-state index contributed by atoms with van der Waals surface area (Å²) >= 11 is 0. The monoisotopic (exact) mass is 285 g/mol. The molecular formula is C17H23N3O. The summed E-state index contributed by atoms with van der Waals surface area (Å²) in [5.41, 5.74) is 1.97. The summed E-state index contributed by atoms with van der Waals surface area (Å²) in [5, 5.41) is 4.49. The van der Waals surface area contributed by atoms with Crippen molar-refractivity contribution in [3.8, 4) is 0 Å². The molecule has 4 heteroatoms. The number of anilines is 1. The fourth-order valence-corrected chi connectivity index (χ4v) is 2.07. The number of likely N-dealkylation sites (N-methyl/N-ethyl adjacent to an activating group) is 1. The van der Waals surface area contributed by atoms with E-state index in [1.165, 1.54) is 0 Å². The maximum atomic E-state index is 11.9. The van der Waals surface area contributed by atoms with Crippen LogP contribution in [0.3, 0.4) is 0 Å². The number of aromatic nitrogens is 2. The van der Waals surface area contributed by atoms with Crippen LogP contribution in [-0.4, -0.2) is 23.4 Å². The van der Waals surface area contributed by atoms with Crippen LogP contribution in [-0.2, 0) is 12.0 Å². The van der Waals surface area contributed by atoms with E-state index in [1.54, 1.807) is 10.7 Å². The van der Waals surface area contributed by atoms with Gasteiger partial charge in [0.25, 0.3) is 5.56 Å². The maximum absolute atomic E-state index is 11.9. The van der Waals surface area contributed by atoms with Gasteiger partial charge in [-0.3, -0.25) is 4.79 Å². The Labute approximate surface area is 126 Å². The standard InChI is InChI=1S/C17H23N3O/c1-17(2,3)15-10-11-16(21)20(18-15)13-12-19(4)14-8-6-5-7-9-14/h5-11H,12-13H2,1-4H3. The Bertz CT molecular complexity index is 641. The van der Waals surface area contributed by atoms with E-state index in [1.807, 2.05) is 31.3 Å². The molecule has 0 aliphatic heterocycles. The van der Waals surface area contributed by atoms with Crippen LogP contribution in [0.4, 0.5) is 5.69 Å². The van der Waals surface area contributed by atoms with E-state index < -0.39 is 0 Å². The molecule has 2 rings (SSSR count). The summed E-state index contributed by atoms with van der Waals surface area (Å²) in [4.78, 5) is 14.1. The third kappa shape index (κ3) is 3.94. The van der Waals surface area contributed by atoms with Crippen molar-refractivity contribution in [1.29, 1.82) is 0 Å². The zero-order valence-corrected chi connectivity index (χ0v) is 13.2. The molecule has 112 valence electrons. The zero-order valence-electron chi connectivity index (χ0n) is 13.2. The molecule has 1 aromatic carbocycles. The summed E-state index contributed by atoms with van der Waals surface area (Å²) < 4.78 is 1.56. The van der Waals surface area contributed by atoms with Crippen molar-refractivity contribution in [3.63, 3.8) is 0 Å². The molecule has 1 heterocycles. The Hall–Kier alpha value is -2.10. The van der Waals surface area contributed by atoms with Crippen molar-refractivity contribution in [2.24, 2.45) is 0 Å². The molecule has 0 aliphatic carbocycles. The number of benzene rings is 1. The van der Waals surface area contributed by atoms with Gasteiger partial charge in [0.15, 0.2) is 0 Å². The molecule has 0 saturated heterocycles. The molecule has 0 spiro atoms. The fraction of sp³-hybridized carbons (Fsp3) is 0.412. The molecule has 4 nitrogen and oxygen atoms in total. The van der Waals surface area contributed by atoms with E-state index >= 15 is 0 Å². The van der Waals surface area contributed by atoms with Gasteiger partial charge in [-0.2, -0.15) is 5.10 Å². The van der Waals surface area contributed by atoms with Gasteiger partial charge in [-0.15, -0.1) is 0 Å². The highest BCUT2D eigenvalue weighted by atomic mass is 16.1. The molecule has 0 fully saturated rings. The predicted molar refractivity (Wildman–Crippen MR) is 86.9 cm³/mol. The molecule has 0 amide bonds. The van der Waals surface area contributed by atoms with Crippen LogP contribution in [0.15, 0.2) is 47.3 Å². The van der Waals surface area contributed by atoms with Crippen molar-refractivity contribution in [3.05, 3.63) is 58.5 Å². The van der Waals surface area contributed by atoms with E-state index in [0.29, 0.717) is 6.54 Å². The Balaban J connectivity index is 2.11. The van der Waals surface area contributed by atoms with Gasteiger partial charge in [0, 0.05) is 30.8 Å². The third-order valence-corrected chi connectivity index (χ3v) is 3.48. The second kappa shape index (κ2) is 6.12. The van der Waals surface area contributed by atoms with Crippen molar-refractivity contribution < 1.29 is 0 Å². The average Bonchev–Trinajstić information content (AvgIpc) is 2.45. The Morgan fingerprint density at radius 1 is 1.10 bits per heavy atom. The SMILES string of the molecule is CN(CCn1nc(C(C)(C)C)ccc1=O)c1ccccc1. The van der Waals surface area contributed by atoms with Gasteiger partial charge in [0.1, 0.15) is 0 Å². The summed E-state index contributed by atoms with van der Waals surface area (Å²) in [6.45, 7) is 7.61. The Kier molecular flexibility index (Phi) is 4.46. The molecule has 0 bridgehead atoms. The van der Waals surface area contributed by atoms with Gasteiger partial charge >= 0.3 is 0 Å². The smallest absolute Gasteiger partial charge is 0.266 e. The van der Waals surface area contributed by atoms with Gasteiger partial charge < -0.3 is 4.90 Å². The topological polar surface area (TPSA) is 38.1 Å². The van der Waals surface area contributed by atoms with Gasteiger partial charge in [0.05, 0.1) is 12.2 Å². The number of para-hydroxylation sites is 1. The third-order valence-electron chi connectivity index (χ3n) is 3.48. The number of rotatable bonds is 4. The zero-order chi connectivity index (χ0) is 15.5. The van der Waals surface area contributed by atoms with Crippen molar-refractivity contribution in [2.45, 2.75) is 32.7 Å². The molecule has 2 aromatic rings. The Morgan fingerprint density at radius 2 is 1.76 bits per heavy atom. The fourth-order valence-electron chi connectivity index (χ4n) is 2.07. The second-order valence-electron chi connectivity index (χ2n) is 6.29. The molecule has 0 N–H and O–H groups in total. The van der Waals surface area contributed by atoms with Gasteiger partial charge in [0.2, 0.25) is 0 Å². The molecule has 1 aromatic heterocycles. The minimum atomic E-state index is -0.0548. The molecule has 21 heavy (non-hydrogen) atoms. The normalized spacial score (nSPS) is 11.4. The molecule has 0 saturated carbocycles. The van der Waals surface area contributed by atoms with E-state index in [-0.39, 0.29) is 11.0 Å². The lowest BCUT2D eigenvalue weighted by Gasteiger charge is -2.21. The summed E-state index contributed by atoms with van der Waals surface area (Å²) in [6.07, 6.45) is 0. The highest BCUT2D eigenvalue weighted by molar-refractivity contribution is 5.44. The van der Waals surface area contributed by atoms with Crippen LogP contribution in [0.2, 0.25) is 0 Å². The van der Waals surface area contributed by atoms with Crippen LogP contribution in [0.25, 0.3) is 0 Å². The Morgan fingerprint density at radius 3 is 2.38 bits per heavy atom. The van der Waals surface area contributed by atoms with Crippen LogP contribution in [0.1, 0.15) is 26.5 Å².